The smallest absolute Gasteiger partial charge is 0.125 e. The first kappa shape index (κ1) is 14.2. The van der Waals surface area contributed by atoms with Gasteiger partial charge in [0.2, 0.25) is 0 Å². The highest BCUT2D eigenvalue weighted by atomic mass is 35.5. The van der Waals surface area contributed by atoms with Crippen LogP contribution in [0.3, 0.4) is 0 Å². The van der Waals surface area contributed by atoms with E-state index in [1.54, 1.807) is 7.11 Å². The van der Waals surface area contributed by atoms with Gasteiger partial charge in [0.05, 0.1) is 24.0 Å². The lowest BCUT2D eigenvalue weighted by atomic mass is 10.2. The Labute approximate surface area is 133 Å². The van der Waals surface area contributed by atoms with Crippen LogP contribution in [0.5, 0.6) is 5.75 Å². The molecule has 3 nitrogen and oxygen atoms in total. The quantitative estimate of drug-likeness (QED) is 0.662. The van der Waals surface area contributed by atoms with Crippen LogP contribution in [0.15, 0.2) is 42.5 Å². The van der Waals surface area contributed by atoms with Crippen LogP contribution >= 0.6 is 23.2 Å². The molecule has 0 N–H and O–H groups in total. The number of ether oxygens (including phenoxy) is 1. The summed E-state index contributed by atoms with van der Waals surface area (Å²) in [5, 5.41) is 0.730. The molecule has 1 aromatic heterocycles. The maximum atomic E-state index is 6.03. The van der Waals surface area contributed by atoms with E-state index in [4.69, 9.17) is 27.9 Å². The van der Waals surface area contributed by atoms with Crippen molar-refractivity contribution in [3.05, 3.63) is 58.9 Å². The third kappa shape index (κ3) is 2.85. The number of alkyl halides is 1. The summed E-state index contributed by atoms with van der Waals surface area (Å²) in [5.41, 5.74) is 3.08. The van der Waals surface area contributed by atoms with Gasteiger partial charge in [-0.15, -0.1) is 11.6 Å². The van der Waals surface area contributed by atoms with Crippen molar-refractivity contribution in [1.29, 1.82) is 0 Å². The minimum Gasteiger partial charge on any atom is -0.497 e. The van der Waals surface area contributed by atoms with Crippen molar-refractivity contribution in [3.63, 3.8) is 0 Å². The van der Waals surface area contributed by atoms with E-state index in [2.05, 4.69) is 9.55 Å². The first-order valence-electron chi connectivity index (χ1n) is 6.55. The van der Waals surface area contributed by atoms with Gasteiger partial charge in [0.25, 0.3) is 0 Å². The fraction of sp³-hybridized carbons (Fsp3) is 0.188. The van der Waals surface area contributed by atoms with Gasteiger partial charge in [-0.05, 0) is 29.8 Å². The minimum absolute atomic E-state index is 0.366. The van der Waals surface area contributed by atoms with Gasteiger partial charge in [-0.25, -0.2) is 4.98 Å². The summed E-state index contributed by atoms with van der Waals surface area (Å²) in [4.78, 5) is 4.57. The average Bonchev–Trinajstić information content (AvgIpc) is 2.86. The summed E-state index contributed by atoms with van der Waals surface area (Å²) in [6.07, 6.45) is 0. The summed E-state index contributed by atoms with van der Waals surface area (Å²) in [6, 6.07) is 13.6. The zero-order valence-electron chi connectivity index (χ0n) is 11.5. The van der Waals surface area contributed by atoms with Crippen molar-refractivity contribution in [1.82, 2.24) is 9.55 Å². The summed E-state index contributed by atoms with van der Waals surface area (Å²) < 4.78 is 7.40. The zero-order chi connectivity index (χ0) is 14.8. The molecule has 1 heterocycles. The molecule has 0 atom stereocenters. The largest absolute Gasteiger partial charge is 0.497 e. The lowest BCUT2D eigenvalue weighted by Crippen LogP contribution is -2.03. The van der Waals surface area contributed by atoms with Gasteiger partial charge in [-0.2, -0.15) is 0 Å². The van der Waals surface area contributed by atoms with Crippen molar-refractivity contribution >= 4 is 34.2 Å². The number of halogens is 2. The van der Waals surface area contributed by atoms with Crippen LogP contribution in [0.25, 0.3) is 11.0 Å². The summed E-state index contributed by atoms with van der Waals surface area (Å²) in [5.74, 6) is 2.01. The van der Waals surface area contributed by atoms with Crippen LogP contribution < -0.4 is 4.74 Å². The van der Waals surface area contributed by atoms with Gasteiger partial charge in [-0.3, -0.25) is 0 Å². The SMILES string of the molecule is COc1ccc2nc(CCl)n(Cc3ccc(Cl)cc3)c2c1. The average molecular weight is 321 g/mol. The van der Waals surface area contributed by atoms with Crippen molar-refractivity contribution in [2.24, 2.45) is 0 Å². The number of aromatic nitrogens is 2. The highest BCUT2D eigenvalue weighted by Gasteiger charge is 2.11. The Morgan fingerprint density at radius 1 is 1.14 bits per heavy atom. The number of hydrogen-bond donors (Lipinski definition) is 0. The topological polar surface area (TPSA) is 27.1 Å². The van der Waals surface area contributed by atoms with E-state index >= 15 is 0 Å². The van der Waals surface area contributed by atoms with Gasteiger partial charge in [0.1, 0.15) is 11.6 Å². The lowest BCUT2D eigenvalue weighted by Gasteiger charge is -2.09. The third-order valence-electron chi connectivity index (χ3n) is 3.41. The predicted octanol–water partition coefficient (Wildman–Crippen LogP) is 4.49. The molecule has 21 heavy (non-hydrogen) atoms. The number of imidazole rings is 1. The van der Waals surface area contributed by atoms with E-state index in [0.717, 1.165) is 33.2 Å². The molecular formula is C16H14Cl2N2O. The molecule has 0 aliphatic carbocycles. The van der Waals surface area contributed by atoms with Gasteiger partial charge in [0, 0.05) is 17.6 Å². The van der Waals surface area contributed by atoms with Gasteiger partial charge >= 0.3 is 0 Å². The molecule has 0 aliphatic rings. The number of fused-ring (bicyclic) bond motifs is 1. The molecule has 0 saturated heterocycles. The summed E-state index contributed by atoms with van der Waals surface area (Å²) in [6.45, 7) is 0.697. The number of methoxy groups -OCH3 is 1. The van der Waals surface area contributed by atoms with Crippen LogP contribution in [0.2, 0.25) is 5.02 Å². The second-order valence-corrected chi connectivity index (χ2v) is 5.43. The lowest BCUT2D eigenvalue weighted by molar-refractivity contribution is 0.415. The molecular weight excluding hydrogens is 307 g/mol. The number of nitrogens with zero attached hydrogens (tertiary/aromatic N) is 2. The third-order valence-corrected chi connectivity index (χ3v) is 3.90. The van der Waals surface area contributed by atoms with Gasteiger partial charge in [-0.1, -0.05) is 23.7 Å². The van der Waals surface area contributed by atoms with Crippen LogP contribution in [0, 0.1) is 0 Å². The number of rotatable bonds is 4. The number of benzene rings is 2. The number of hydrogen-bond acceptors (Lipinski definition) is 2. The fourth-order valence-electron chi connectivity index (χ4n) is 2.33. The van der Waals surface area contributed by atoms with Crippen LogP contribution in [-0.2, 0) is 12.4 Å². The minimum atomic E-state index is 0.366. The van der Waals surface area contributed by atoms with Gasteiger partial charge < -0.3 is 9.30 Å². The molecule has 5 heteroatoms. The predicted molar refractivity (Wildman–Crippen MR) is 86.4 cm³/mol. The van der Waals surface area contributed by atoms with Crippen LogP contribution in [0.1, 0.15) is 11.4 Å². The molecule has 3 rings (SSSR count). The van der Waals surface area contributed by atoms with E-state index in [1.807, 2.05) is 42.5 Å². The van der Waals surface area contributed by atoms with E-state index in [-0.39, 0.29) is 0 Å². The first-order valence-corrected chi connectivity index (χ1v) is 7.46. The van der Waals surface area contributed by atoms with E-state index in [1.165, 1.54) is 0 Å². The Bertz CT molecular complexity index is 766. The normalized spacial score (nSPS) is 11.0. The van der Waals surface area contributed by atoms with Gasteiger partial charge in [0.15, 0.2) is 0 Å². The monoisotopic (exact) mass is 320 g/mol. The Balaban J connectivity index is 2.08. The Morgan fingerprint density at radius 3 is 2.57 bits per heavy atom. The molecule has 0 aliphatic heterocycles. The second kappa shape index (κ2) is 5.96. The molecule has 0 fully saturated rings. The van der Waals surface area contributed by atoms with Crippen molar-refractivity contribution < 1.29 is 4.74 Å². The van der Waals surface area contributed by atoms with Crippen LogP contribution in [0.4, 0.5) is 0 Å². The molecule has 0 spiro atoms. The zero-order valence-corrected chi connectivity index (χ0v) is 13.0. The molecule has 108 valence electrons. The van der Waals surface area contributed by atoms with Crippen molar-refractivity contribution in [2.45, 2.75) is 12.4 Å². The molecule has 0 amide bonds. The maximum absolute atomic E-state index is 6.03. The highest BCUT2D eigenvalue weighted by molar-refractivity contribution is 6.30. The Hall–Kier alpha value is -1.71. The Kier molecular flexibility index (Phi) is 4.04. The fourth-order valence-corrected chi connectivity index (χ4v) is 2.66. The molecule has 3 aromatic rings. The van der Waals surface area contributed by atoms with E-state index in [9.17, 15) is 0 Å². The maximum Gasteiger partial charge on any atom is 0.125 e. The second-order valence-electron chi connectivity index (χ2n) is 4.73. The van der Waals surface area contributed by atoms with Crippen LogP contribution in [-0.4, -0.2) is 16.7 Å². The van der Waals surface area contributed by atoms with E-state index in [0.29, 0.717) is 12.4 Å². The molecule has 2 aromatic carbocycles. The highest BCUT2D eigenvalue weighted by Crippen LogP contribution is 2.24. The molecule has 0 bridgehead atoms. The van der Waals surface area contributed by atoms with Crippen molar-refractivity contribution in [3.8, 4) is 5.75 Å². The molecule has 0 radical (unpaired) electrons. The van der Waals surface area contributed by atoms with Crippen molar-refractivity contribution in [2.75, 3.05) is 7.11 Å². The summed E-state index contributed by atoms with van der Waals surface area (Å²) in [7, 11) is 1.66. The standard InChI is InChI=1S/C16H14Cl2N2O/c1-21-13-6-7-14-15(8-13)20(16(9-17)19-14)10-11-2-4-12(18)5-3-11/h2-8H,9-10H2,1H3. The summed E-state index contributed by atoms with van der Waals surface area (Å²) >= 11 is 12.0. The molecule has 0 unspecified atom stereocenters. The Morgan fingerprint density at radius 2 is 1.90 bits per heavy atom. The van der Waals surface area contributed by atoms with E-state index < -0.39 is 0 Å². The first-order chi connectivity index (χ1) is 10.2. The molecule has 0 saturated carbocycles.